The Morgan fingerprint density at radius 1 is 1.05 bits per heavy atom. The summed E-state index contributed by atoms with van der Waals surface area (Å²) in [7, 11) is 0. The van der Waals surface area contributed by atoms with Crippen molar-refractivity contribution in [3.05, 3.63) is 51.3 Å². The summed E-state index contributed by atoms with van der Waals surface area (Å²) in [5.41, 5.74) is 0.766. The molecule has 3 fully saturated rings. The Morgan fingerprint density at radius 3 is 2.48 bits per heavy atom. The molecule has 21 heavy (non-hydrogen) atoms. The Bertz CT molecular complexity index is 884. The molecule has 5 heteroatoms. The van der Waals surface area contributed by atoms with Gasteiger partial charge in [0.15, 0.2) is 0 Å². The lowest BCUT2D eigenvalue weighted by molar-refractivity contribution is 0.154. The van der Waals surface area contributed by atoms with E-state index in [0.717, 1.165) is 12.3 Å². The largest absolute Gasteiger partial charge is 0.352 e. The van der Waals surface area contributed by atoms with Crippen LogP contribution in [0.2, 0.25) is 0 Å². The van der Waals surface area contributed by atoms with Crippen molar-refractivity contribution in [2.45, 2.75) is 25.4 Å². The van der Waals surface area contributed by atoms with Crippen molar-refractivity contribution >= 4 is 0 Å². The van der Waals surface area contributed by atoms with E-state index >= 15 is 0 Å². The monoisotopic (exact) mass is 281 g/mol. The van der Waals surface area contributed by atoms with Gasteiger partial charge in [0.25, 0.3) is 0 Å². The highest BCUT2D eigenvalue weighted by Crippen LogP contribution is 2.88. The highest BCUT2D eigenvalue weighted by molar-refractivity contribution is 5.35. The number of para-hydroxylation sites is 1. The molecule has 6 rings (SSSR count). The molecular weight excluding hydrogens is 266 g/mol. The Balaban J connectivity index is 1.64. The molecule has 1 aromatic carbocycles. The van der Waals surface area contributed by atoms with Crippen LogP contribution in [0.1, 0.15) is 25.4 Å². The van der Waals surface area contributed by atoms with Crippen molar-refractivity contribution in [1.29, 1.82) is 0 Å². The third-order valence-electron chi connectivity index (χ3n) is 6.69. The fraction of sp³-hybridized carbons (Fsp3) is 0.500. The maximum absolute atomic E-state index is 12.8. The zero-order valence-electron chi connectivity index (χ0n) is 11.6. The summed E-state index contributed by atoms with van der Waals surface area (Å²) in [6.45, 7) is 2.34. The second-order valence-corrected chi connectivity index (χ2v) is 7.32. The van der Waals surface area contributed by atoms with Crippen LogP contribution in [0, 0.1) is 23.2 Å². The summed E-state index contributed by atoms with van der Waals surface area (Å²) in [5, 5.41) is 0. The summed E-state index contributed by atoms with van der Waals surface area (Å²) in [6.07, 6.45) is 1.07. The minimum absolute atomic E-state index is 0.154. The molecule has 3 aliphatic carbocycles. The fourth-order valence-corrected chi connectivity index (χ4v) is 5.96. The van der Waals surface area contributed by atoms with Gasteiger partial charge in [-0.15, -0.1) is 0 Å². The summed E-state index contributed by atoms with van der Waals surface area (Å²) in [6, 6.07) is 9.79. The first-order chi connectivity index (χ1) is 10.1. The average Bonchev–Trinajstić information content (AvgIpc) is 2.61. The summed E-state index contributed by atoms with van der Waals surface area (Å²) in [4.78, 5) is 25.6. The Labute approximate surface area is 120 Å². The van der Waals surface area contributed by atoms with Gasteiger partial charge < -0.3 is 0 Å². The van der Waals surface area contributed by atoms with Crippen molar-refractivity contribution in [2.24, 2.45) is 23.2 Å². The zero-order valence-corrected chi connectivity index (χ0v) is 11.6. The third kappa shape index (κ3) is 0.859. The highest BCUT2D eigenvalue weighted by Gasteiger charge is 2.86. The van der Waals surface area contributed by atoms with Crippen LogP contribution in [0.25, 0.3) is 5.69 Å². The number of hydrogen-bond donors (Lipinski definition) is 0. The molecule has 0 spiro atoms. The van der Waals surface area contributed by atoms with Gasteiger partial charge in [-0.1, -0.05) is 25.1 Å². The quantitative estimate of drug-likeness (QED) is 0.788. The van der Waals surface area contributed by atoms with E-state index in [0.29, 0.717) is 22.9 Å². The van der Waals surface area contributed by atoms with Gasteiger partial charge in [-0.05, 0) is 35.8 Å². The van der Waals surface area contributed by atoms with Gasteiger partial charge in [-0.2, -0.15) is 0 Å². The molecule has 4 aliphatic rings. The molecule has 0 bridgehead atoms. The fourth-order valence-electron chi connectivity index (χ4n) is 5.96. The predicted molar refractivity (Wildman–Crippen MR) is 75.6 cm³/mol. The van der Waals surface area contributed by atoms with E-state index in [1.54, 1.807) is 9.36 Å². The molecule has 0 amide bonds. The number of hydrogen-bond acceptors (Lipinski definition) is 2. The number of rotatable bonds is 1. The second-order valence-electron chi connectivity index (χ2n) is 7.32. The number of benzene rings is 1. The lowest BCUT2D eigenvalue weighted by atomic mass is 9.74. The predicted octanol–water partition coefficient (Wildman–Crippen LogP) is 1.18. The summed E-state index contributed by atoms with van der Waals surface area (Å²) in [5.74, 6) is 1.95. The number of aromatic nitrogens is 3. The van der Waals surface area contributed by atoms with E-state index in [1.807, 2.05) is 30.3 Å². The van der Waals surface area contributed by atoms with Crippen LogP contribution in [0.4, 0.5) is 0 Å². The molecular formula is C16H15N3O2. The first-order valence-electron chi connectivity index (χ1n) is 7.66. The molecule has 6 atom stereocenters. The standard InChI is InChI=1S/C16H15N3O2/c1-16-7-9-10-11(16)12(16)13(10)19-15(21)17(14(20)18(9)19)8-5-3-2-4-6-8/h2-6,9-13H,7H2,1H3/t9-,10-,11-,12-,13-,16-/m1/s1. The van der Waals surface area contributed by atoms with Gasteiger partial charge in [0.1, 0.15) is 0 Å². The first-order valence-corrected chi connectivity index (χ1v) is 7.66. The van der Waals surface area contributed by atoms with Crippen molar-refractivity contribution in [2.75, 3.05) is 0 Å². The third-order valence-corrected chi connectivity index (χ3v) is 6.69. The molecule has 0 N–H and O–H groups in total. The lowest BCUT2D eigenvalue weighted by Crippen LogP contribution is -2.38. The van der Waals surface area contributed by atoms with E-state index in [-0.39, 0.29) is 23.5 Å². The molecule has 2 aromatic rings. The molecule has 1 aliphatic heterocycles. The molecule has 106 valence electrons. The van der Waals surface area contributed by atoms with Gasteiger partial charge in [0.05, 0.1) is 17.8 Å². The molecule has 5 nitrogen and oxygen atoms in total. The van der Waals surface area contributed by atoms with E-state index < -0.39 is 0 Å². The van der Waals surface area contributed by atoms with Crippen LogP contribution in [-0.4, -0.2) is 13.9 Å². The minimum Gasteiger partial charge on any atom is -0.245 e. The molecule has 0 saturated heterocycles. The Hall–Kier alpha value is -2.04. The van der Waals surface area contributed by atoms with Gasteiger partial charge in [0.2, 0.25) is 0 Å². The van der Waals surface area contributed by atoms with Crippen LogP contribution < -0.4 is 11.4 Å². The lowest BCUT2D eigenvalue weighted by Gasteiger charge is -2.32. The van der Waals surface area contributed by atoms with E-state index in [9.17, 15) is 9.59 Å². The van der Waals surface area contributed by atoms with Crippen LogP contribution >= 0.6 is 0 Å². The minimum atomic E-state index is -0.158. The summed E-state index contributed by atoms with van der Waals surface area (Å²) >= 11 is 0. The molecule has 0 radical (unpaired) electrons. The smallest absolute Gasteiger partial charge is 0.245 e. The maximum Gasteiger partial charge on any atom is 0.352 e. The van der Waals surface area contributed by atoms with Gasteiger partial charge in [-0.3, -0.25) is 0 Å². The van der Waals surface area contributed by atoms with Crippen molar-refractivity contribution < 1.29 is 0 Å². The zero-order chi connectivity index (χ0) is 14.1. The van der Waals surface area contributed by atoms with Gasteiger partial charge >= 0.3 is 11.4 Å². The van der Waals surface area contributed by atoms with Crippen LogP contribution in [-0.2, 0) is 0 Å². The number of fused-ring (bicyclic) bond motifs is 5. The van der Waals surface area contributed by atoms with E-state index in [1.165, 1.54) is 4.57 Å². The number of nitrogens with zero attached hydrogens (tertiary/aromatic N) is 3. The van der Waals surface area contributed by atoms with Crippen LogP contribution in [0.3, 0.4) is 0 Å². The second kappa shape index (κ2) is 2.80. The molecule has 1 aromatic heterocycles. The molecule has 2 heterocycles. The van der Waals surface area contributed by atoms with Crippen molar-refractivity contribution in [3.8, 4) is 5.69 Å². The first kappa shape index (κ1) is 10.7. The van der Waals surface area contributed by atoms with Crippen LogP contribution in [0.15, 0.2) is 39.9 Å². The highest BCUT2D eigenvalue weighted by atomic mass is 16.2. The topological polar surface area (TPSA) is 48.9 Å². The SMILES string of the molecule is C[C@]12C[C@@H]3[C@H]4[C@H]([C@H]1[C@@H]42)n1c(=O)n(-c2ccccc2)c(=O)n13. The summed E-state index contributed by atoms with van der Waals surface area (Å²) < 4.78 is 4.89. The Kier molecular flexibility index (Phi) is 1.42. The van der Waals surface area contributed by atoms with Crippen LogP contribution in [0.5, 0.6) is 0 Å². The normalized spacial score (nSPS) is 43.4. The molecule has 3 saturated carbocycles. The maximum atomic E-state index is 12.8. The Morgan fingerprint density at radius 2 is 1.76 bits per heavy atom. The van der Waals surface area contributed by atoms with Crippen molar-refractivity contribution in [1.82, 2.24) is 13.9 Å². The average molecular weight is 281 g/mol. The van der Waals surface area contributed by atoms with Gasteiger partial charge in [-0.25, -0.2) is 23.5 Å². The molecule has 0 unspecified atom stereocenters. The van der Waals surface area contributed by atoms with Crippen molar-refractivity contribution in [3.63, 3.8) is 0 Å². The van der Waals surface area contributed by atoms with E-state index in [2.05, 4.69) is 6.92 Å². The van der Waals surface area contributed by atoms with Gasteiger partial charge in [0, 0.05) is 5.92 Å². The van der Waals surface area contributed by atoms with E-state index in [4.69, 9.17) is 0 Å².